The van der Waals surface area contributed by atoms with Crippen LogP contribution >= 0.6 is 0 Å². The molecule has 0 amide bonds. The maximum Gasteiger partial charge on any atom is 0.337 e. The zero-order valence-corrected chi connectivity index (χ0v) is 8.19. The normalized spacial score (nSPS) is 12.9. The molecule has 0 radical (unpaired) electrons. The van der Waals surface area contributed by atoms with E-state index in [1.54, 1.807) is 0 Å². The van der Waals surface area contributed by atoms with Gasteiger partial charge in [0.05, 0.1) is 0 Å². The largest absolute Gasteiger partial charge is 0.479 e. The molecule has 1 aromatic heterocycles. The van der Waals surface area contributed by atoms with Gasteiger partial charge in [-0.3, -0.25) is 0 Å². The van der Waals surface area contributed by atoms with Crippen LogP contribution in [0.3, 0.4) is 0 Å². The number of carboxylic acids is 1. The van der Waals surface area contributed by atoms with Crippen molar-refractivity contribution < 1.29 is 15.0 Å². The second kappa shape index (κ2) is 3.40. The van der Waals surface area contributed by atoms with Gasteiger partial charge in [-0.15, -0.1) is 0 Å². The minimum absolute atomic E-state index is 0.400. The third-order valence-corrected chi connectivity index (χ3v) is 2.40. The van der Waals surface area contributed by atoms with Crippen LogP contribution in [0.1, 0.15) is 17.2 Å². The number of aliphatic carboxylic acids is 1. The fourth-order valence-corrected chi connectivity index (χ4v) is 1.62. The van der Waals surface area contributed by atoms with Gasteiger partial charge >= 0.3 is 5.97 Å². The number of hydrogen-bond acceptors (Lipinski definition) is 2. The quantitative estimate of drug-likeness (QED) is 0.697. The molecule has 1 aromatic carbocycles. The summed E-state index contributed by atoms with van der Waals surface area (Å²) >= 11 is 0. The molecule has 0 saturated heterocycles. The van der Waals surface area contributed by atoms with Crippen molar-refractivity contribution in [3.8, 4) is 0 Å². The highest BCUT2D eigenvalue weighted by atomic mass is 16.4. The van der Waals surface area contributed by atoms with Gasteiger partial charge in [0.25, 0.3) is 0 Å². The van der Waals surface area contributed by atoms with Crippen molar-refractivity contribution >= 4 is 16.9 Å². The molecule has 78 valence electrons. The number of benzene rings is 1. The first-order valence-corrected chi connectivity index (χ1v) is 4.58. The summed E-state index contributed by atoms with van der Waals surface area (Å²) in [7, 11) is 0. The van der Waals surface area contributed by atoms with Crippen LogP contribution in [-0.4, -0.2) is 21.2 Å². The zero-order chi connectivity index (χ0) is 11.0. The number of H-pyrrole nitrogens is 1. The number of aliphatic hydroxyl groups excluding tert-OH is 1. The Morgan fingerprint density at radius 3 is 2.87 bits per heavy atom. The molecular weight excluding hydrogens is 194 g/mol. The molecule has 1 heterocycles. The molecule has 2 rings (SSSR count). The number of fused-ring (bicyclic) bond motifs is 1. The topological polar surface area (TPSA) is 73.3 Å². The van der Waals surface area contributed by atoms with Crippen molar-refractivity contribution in [3.63, 3.8) is 0 Å². The number of aromatic amines is 1. The van der Waals surface area contributed by atoms with Crippen molar-refractivity contribution in [1.29, 1.82) is 0 Å². The maximum absolute atomic E-state index is 10.6. The SMILES string of the molecule is Cc1ccc2c(C(O)C(=O)O)c[nH]c2c1. The van der Waals surface area contributed by atoms with Crippen LogP contribution in [0.2, 0.25) is 0 Å². The van der Waals surface area contributed by atoms with Gasteiger partial charge in [-0.1, -0.05) is 12.1 Å². The number of carbonyl (C=O) groups is 1. The molecule has 3 N–H and O–H groups in total. The number of aromatic nitrogens is 1. The first kappa shape index (κ1) is 9.73. The number of aliphatic hydroxyl groups is 1. The lowest BCUT2D eigenvalue weighted by molar-refractivity contribution is -0.146. The van der Waals surface area contributed by atoms with Gasteiger partial charge in [-0.2, -0.15) is 0 Å². The van der Waals surface area contributed by atoms with Crippen LogP contribution in [0, 0.1) is 6.92 Å². The first-order valence-electron chi connectivity index (χ1n) is 4.58. The Morgan fingerprint density at radius 2 is 2.20 bits per heavy atom. The van der Waals surface area contributed by atoms with Crippen molar-refractivity contribution in [3.05, 3.63) is 35.5 Å². The summed E-state index contributed by atoms with van der Waals surface area (Å²) in [6.07, 6.45) is 0.0598. The Balaban J connectivity index is 2.59. The highest BCUT2D eigenvalue weighted by Gasteiger charge is 2.19. The van der Waals surface area contributed by atoms with E-state index in [0.29, 0.717) is 5.56 Å². The van der Waals surface area contributed by atoms with Gasteiger partial charge in [-0.25, -0.2) is 4.79 Å². The molecular formula is C11H11NO3. The number of rotatable bonds is 2. The molecule has 0 spiro atoms. The fraction of sp³-hybridized carbons (Fsp3) is 0.182. The summed E-state index contributed by atoms with van der Waals surface area (Å²) in [5, 5.41) is 18.9. The van der Waals surface area contributed by atoms with Crippen molar-refractivity contribution in [2.45, 2.75) is 13.0 Å². The van der Waals surface area contributed by atoms with E-state index in [4.69, 9.17) is 5.11 Å². The second-order valence-electron chi connectivity index (χ2n) is 3.53. The molecule has 0 fully saturated rings. The Kier molecular flexibility index (Phi) is 2.21. The van der Waals surface area contributed by atoms with E-state index in [0.717, 1.165) is 16.5 Å². The van der Waals surface area contributed by atoms with Crippen LogP contribution in [0.15, 0.2) is 24.4 Å². The van der Waals surface area contributed by atoms with E-state index in [1.807, 2.05) is 25.1 Å². The van der Waals surface area contributed by atoms with E-state index in [2.05, 4.69) is 4.98 Å². The van der Waals surface area contributed by atoms with Gasteiger partial charge in [0.1, 0.15) is 0 Å². The van der Waals surface area contributed by atoms with Gasteiger partial charge in [0, 0.05) is 22.7 Å². The third kappa shape index (κ3) is 1.59. The average molecular weight is 205 g/mol. The fourth-order valence-electron chi connectivity index (χ4n) is 1.62. The van der Waals surface area contributed by atoms with Crippen LogP contribution in [0.25, 0.3) is 10.9 Å². The molecule has 0 aliphatic carbocycles. The van der Waals surface area contributed by atoms with E-state index < -0.39 is 12.1 Å². The summed E-state index contributed by atoms with van der Waals surface area (Å²) in [6.45, 7) is 1.95. The minimum atomic E-state index is -1.47. The van der Waals surface area contributed by atoms with Gasteiger partial charge in [0.15, 0.2) is 6.10 Å². The molecule has 0 bridgehead atoms. The van der Waals surface area contributed by atoms with Crippen LogP contribution in [-0.2, 0) is 4.79 Å². The predicted molar refractivity (Wildman–Crippen MR) is 55.6 cm³/mol. The number of aryl methyl sites for hydroxylation is 1. The summed E-state index contributed by atoms with van der Waals surface area (Å²) < 4.78 is 0. The van der Waals surface area contributed by atoms with E-state index in [1.165, 1.54) is 6.20 Å². The molecule has 15 heavy (non-hydrogen) atoms. The lowest BCUT2D eigenvalue weighted by Gasteiger charge is -2.03. The van der Waals surface area contributed by atoms with Crippen molar-refractivity contribution in [2.75, 3.05) is 0 Å². The lowest BCUT2D eigenvalue weighted by atomic mass is 10.1. The molecule has 0 saturated carbocycles. The summed E-state index contributed by atoms with van der Waals surface area (Å²) in [4.78, 5) is 13.6. The molecule has 0 aliphatic rings. The van der Waals surface area contributed by atoms with Crippen molar-refractivity contribution in [1.82, 2.24) is 4.98 Å². The summed E-state index contributed by atoms with van der Waals surface area (Å²) in [5.74, 6) is -1.24. The maximum atomic E-state index is 10.6. The Morgan fingerprint density at radius 1 is 1.47 bits per heavy atom. The standard InChI is InChI=1S/C11H11NO3/c1-6-2-3-7-8(10(13)11(14)15)5-12-9(7)4-6/h2-5,10,12-13H,1H3,(H,14,15). The van der Waals surface area contributed by atoms with E-state index in [9.17, 15) is 9.90 Å². The molecule has 2 aromatic rings. The Hall–Kier alpha value is -1.81. The van der Waals surface area contributed by atoms with Crippen molar-refractivity contribution in [2.24, 2.45) is 0 Å². The molecule has 1 atom stereocenters. The lowest BCUT2D eigenvalue weighted by Crippen LogP contribution is -2.09. The summed E-state index contributed by atoms with van der Waals surface area (Å²) in [5.41, 5.74) is 2.32. The number of nitrogens with one attached hydrogen (secondary N) is 1. The molecule has 4 heteroatoms. The highest BCUT2D eigenvalue weighted by Crippen LogP contribution is 2.24. The first-order chi connectivity index (χ1) is 7.09. The van der Waals surface area contributed by atoms with Gasteiger partial charge in [-0.05, 0) is 18.6 Å². The predicted octanol–water partition coefficient (Wildman–Crippen LogP) is 1.59. The number of hydrogen-bond donors (Lipinski definition) is 3. The van der Waals surface area contributed by atoms with Crippen LogP contribution < -0.4 is 0 Å². The average Bonchev–Trinajstić information content (AvgIpc) is 2.59. The van der Waals surface area contributed by atoms with Gasteiger partial charge in [0.2, 0.25) is 0 Å². The second-order valence-corrected chi connectivity index (χ2v) is 3.53. The monoisotopic (exact) mass is 205 g/mol. The molecule has 0 aliphatic heterocycles. The highest BCUT2D eigenvalue weighted by molar-refractivity contribution is 5.88. The van der Waals surface area contributed by atoms with Gasteiger partial charge < -0.3 is 15.2 Å². The van der Waals surface area contributed by atoms with Crippen LogP contribution in [0.4, 0.5) is 0 Å². The van der Waals surface area contributed by atoms with E-state index >= 15 is 0 Å². The Labute approximate surface area is 86.2 Å². The smallest absolute Gasteiger partial charge is 0.337 e. The molecule has 1 unspecified atom stereocenters. The zero-order valence-electron chi connectivity index (χ0n) is 8.19. The van der Waals surface area contributed by atoms with Crippen LogP contribution in [0.5, 0.6) is 0 Å². The minimum Gasteiger partial charge on any atom is -0.479 e. The molecule has 4 nitrogen and oxygen atoms in total. The number of carboxylic acid groups (broad SMARTS) is 1. The third-order valence-electron chi connectivity index (χ3n) is 2.40. The summed E-state index contributed by atoms with van der Waals surface area (Å²) in [6, 6.07) is 5.60. The Bertz CT molecular complexity index is 516. The van der Waals surface area contributed by atoms with E-state index in [-0.39, 0.29) is 0 Å².